The third kappa shape index (κ3) is 4.83. The zero-order chi connectivity index (χ0) is 19.5. The first-order valence-electron chi connectivity index (χ1n) is 7.76. The van der Waals surface area contributed by atoms with E-state index in [9.17, 15) is 18.0 Å². The monoisotopic (exact) mass is 394 g/mol. The third-order valence-electron chi connectivity index (χ3n) is 3.69. The number of nitrogens with zero attached hydrogens (tertiary/aromatic N) is 1. The van der Waals surface area contributed by atoms with Crippen LogP contribution in [-0.4, -0.2) is 32.4 Å². The molecule has 0 saturated heterocycles. The molecule has 1 atom stereocenters. The third-order valence-corrected chi connectivity index (χ3v) is 5.16. The molecule has 2 aromatic carbocycles. The highest BCUT2D eigenvalue weighted by molar-refractivity contribution is 7.92. The first-order valence-corrected chi connectivity index (χ1v) is 9.99. The maximum Gasteiger partial charge on any atom is 0.247 e. The van der Waals surface area contributed by atoms with Crippen molar-refractivity contribution >= 4 is 44.7 Å². The summed E-state index contributed by atoms with van der Waals surface area (Å²) < 4.78 is 25.5. The number of nitrogens with one attached hydrogen (secondary N) is 1. The molecule has 0 aliphatic heterocycles. The zero-order valence-electron chi connectivity index (χ0n) is 14.6. The molecule has 0 saturated carbocycles. The van der Waals surface area contributed by atoms with Gasteiger partial charge in [-0.15, -0.1) is 0 Å². The topological polar surface area (TPSA) is 83.6 Å². The maximum absolute atomic E-state index is 12.6. The van der Waals surface area contributed by atoms with E-state index in [2.05, 4.69) is 5.32 Å². The predicted octanol–water partition coefficient (Wildman–Crippen LogP) is 3.34. The molecule has 0 spiro atoms. The Morgan fingerprint density at radius 1 is 1.12 bits per heavy atom. The molecule has 138 valence electrons. The highest BCUT2D eigenvalue weighted by Crippen LogP contribution is 2.24. The number of hydrogen-bond donors (Lipinski definition) is 1. The number of carbonyl (C=O) groups is 2. The first kappa shape index (κ1) is 19.9. The zero-order valence-corrected chi connectivity index (χ0v) is 16.1. The van der Waals surface area contributed by atoms with Crippen LogP contribution in [0, 0.1) is 0 Å². The summed E-state index contributed by atoms with van der Waals surface area (Å²) in [6.45, 7) is 2.90. The van der Waals surface area contributed by atoms with E-state index in [1.807, 2.05) is 0 Å². The molecule has 6 nitrogen and oxygen atoms in total. The van der Waals surface area contributed by atoms with Crippen LogP contribution in [0.3, 0.4) is 0 Å². The van der Waals surface area contributed by atoms with Crippen molar-refractivity contribution in [2.24, 2.45) is 0 Å². The average molecular weight is 395 g/mol. The number of ketones is 1. The van der Waals surface area contributed by atoms with E-state index < -0.39 is 22.0 Å². The van der Waals surface area contributed by atoms with Gasteiger partial charge in [-0.2, -0.15) is 0 Å². The van der Waals surface area contributed by atoms with Gasteiger partial charge in [-0.1, -0.05) is 29.8 Å². The van der Waals surface area contributed by atoms with Crippen LogP contribution in [0.2, 0.25) is 5.02 Å². The fourth-order valence-electron chi connectivity index (χ4n) is 2.48. The van der Waals surface area contributed by atoms with Gasteiger partial charge in [-0.3, -0.25) is 13.9 Å². The Hall–Kier alpha value is -2.38. The SMILES string of the molecule is CC(=O)c1cccc(NC(=O)[C@H](C)N(c2cccc(Cl)c2)S(C)(=O)=O)c1. The van der Waals surface area contributed by atoms with Crippen LogP contribution < -0.4 is 9.62 Å². The van der Waals surface area contributed by atoms with Gasteiger partial charge in [0.1, 0.15) is 6.04 Å². The second-order valence-corrected chi connectivity index (χ2v) is 8.14. The number of benzene rings is 2. The standard InChI is InChI=1S/C18H19ClN2O4S/c1-12(18(23)20-16-8-4-6-14(10-16)13(2)22)21(26(3,24)25)17-9-5-7-15(19)11-17/h4-12H,1-3H3,(H,20,23)/t12-/m0/s1. The lowest BCUT2D eigenvalue weighted by Crippen LogP contribution is -2.45. The number of rotatable bonds is 6. The summed E-state index contributed by atoms with van der Waals surface area (Å²) in [6.07, 6.45) is 1.02. The number of sulfonamides is 1. The van der Waals surface area contributed by atoms with Crippen LogP contribution in [0.5, 0.6) is 0 Å². The molecule has 0 aliphatic rings. The molecule has 2 rings (SSSR count). The van der Waals surface area contributed by atoms with E-state index in [4.69, 9.17) is 11.6 Å². The Balaban J connectivity index is 2.31. The highest BCUT2D eigenvalue weighted by Gasteiger charge is 2.29. The second kappa shape index (κ2) is 7.88. The van der Waals surface area contributed by atoms with E-state index in [0.717, 1.165) is 10.6 Å². The van der Waals surface area contributed by atoms with Crippen LogP contribution in [0.4, 0.5) is 11.4 Å². The van der Waals surface area contributed by atoms with E-state index >= 15 is 0 Å². The Morgan fingerprint density at radius 3 is 2.35 bits per heavy atom. The molecule has 0 radical (unpaired) electrons. The number of amides is 1. The normalized spacial score (nSPS) is 12.3. The fourth-order valence-corrected chi connectivity index (χ4v) is 3.84. The van der Waals surface area contributed by atoms with Crippen molar-refractivity contribution in [2.45, 2.75) is 19.9 Å². The Morgan fingerprint density at radius 2 is 1.77 bits per heavy atom. The van der Waals surface area contributed by atoms with Crippen LogP contribution in [-0.2, 0) is 14.8 Å². The van der Waals surface area contributed by atoms with E-state index in [1.54, 1.807) is 36.4 Å². The molecule has 1 N–H and O–H groups in total. The quantitative estimate of drug-likeness (QED) is 0.761. The summed E-state index contributed by atoms with van der Waals surface area (Å²) in [5, 5.41) is 3.00. The molecule has 0 bridgehead atoms. The van der Waals surface area contributed by atoms with Crippen molar-refractivity contribution in [3.8, 4) is 0 Å². The van der Waals surface area contributed by atoms with Gasteiger partial charge >= 0.3 is 0 Å². The summed E-state index contributed by atoms with van der Waals surface area (Å²) in [5.74, 6) is -0.665. The van der Waals surface area contributed by atoms with Gasteiger partial charge in [0.15, 0.2) is 5.78 Å². The van der Waals surface area contributed by atoms with Gasteiger partial charge in [0.05, 0.1) is 11.9 Å². The van der Waals surface area contributed by atoms with Gasteiger partial charge in [0.2, 0.25) is 15.9 Å². The Kier molecular flexibility index (Phi) is 6.05. The van der Waals surface area contributed by atoms with Crippen LogP contribution in [0.25, 0.3) is 0 Å². The largest absolute Gasteiger partial charge is 0.324 e. The van der Waals surface area contributed by atoms with Gasteiger partial charge in [-0.05, 0) is 44.2 Å². The number of anilines is 2. The molecule has 0 heterocycles. The number of Topliss-reactive ketones (excluding diaryl/α,β-unsaturated/α-hetero) is 1. The molecule has 1 amide bonds. The van der Waals surface area contributed by atoms with Crippen LogP contribution in [0.1, 0.15) is 24.2 Å². The van der Waals surface area contributed by atoms with Crippen molar-refractivity contribution in [1.29, 1.82) is 0 Å². The van der Waals surface area contributed by atoms with Gasteiger partial charge in [0, 0.05) is 16.3 Å². The Bertz CT molecular complexity index is 944. The minimum absolute atomic E-state index is 0.133. The molecule has 0 aliphatic carbocycles. The van der Waals surface area contributed by atoms with Crippen molar-refractivity contribution in [3.63, 3.8) is 0 Å². The first-order chi connectivity index (χ1) is 12.1. The maximum atomic E-state index is 12.6. The molecule has 2 aromatic rings. The van der Waals surface area contributed by atoms with Crippen molar-refractivity contribution in [1.82, 2.24) is 0 Å². The smallest absolute Gasteiger partial charge is 0.247 e. The van der Waals surface area contributed by atoms with Crippen LogP contribution in [0.15, 0.2) is 48.5 Å². The van der Waals surface area contributed by atoms with Crippen molar-refractivity contribution < 1.29 is 18.0 Å². The van der Waals surface area contributed by atoms with Gasteiger partial charge in [0.25, 0.3) is 0 Å². The lowest BCUT2D eigenvalue weighted by molar-refractivity contribution is -0.116. The highest BCUT2D eigenvalue weighted by atomic mass is 35.5. The van der Waals surface area contributed by atoms with Gasteiger partial charge in [-0.25, -0.2) is 8.42 Å². The van der Waals surface area contributed by atoms with E-state index in [1.165, 1.54) is 26.0 Å². The molecular formula is C18H19ClN2O4S. The average Bonchev–Trinajstić information content (AvgIpc) is 2.53. The number of halogens is 1. The minimum Gasteiger partial charge on any atom is -0.324 e. The molecular weight excluding hydrogens is 376 g/mol. The summed E-state index contributed by atoms with van der Waals surface area (Å²) in [5.41, 5.74) is 1.15. The predicted molar refractivity (Wildman–Crippen MR) is 103 cm³/mol. The van der Waals surface area contributed by atoms with E-state index in [0.29, 0.717) is 22.0 Å². The number of carbonyl (C=O) groups excluding carboxylic acids is 2. The Labute approximate surface area is 157 Å². The minimum atomic E-state index is -3.73. The summed E-state index contributed by atoms with van der Waals surface area (Å²) in [7, 11) is -3.73. The van der Waals surface area contributed by atoms with E-state index in [-0.39, 0.29) is 5.78 Å². The van der Waals surface area contributed by atoms with Gasteiger partial charge < -0.3 is 5.32 Å². The van der Waals surface area contributed by atoms with Crippen molar-refractivity contribution in [2.75, 3.05) is 15.9 Å². The lowest BCUT2D eigenvalue weighted by atomic mass is 10.1. The van der Waals surface area contributed by atoms with Crippen LogP contribution >= 0.6 is 11.6 Å². The summed E-state index contributed by atoms with van der Waals surface area (Å²) >= 11 is 5.95. The molecule has 0 unspecified atom stereocenters. The molecule has 26 heavy (non-hydrogen) atoms. The number of hydrogen-bond acceptors (Lipinski definition) is 4. The molecule has 0 fully saturated rings. The summed E-state index contributed by atoms with van der Waals surface area (Å²) in [6, 6.07) is 11.7. The molecule has 0 aromatic heterocycles. The molecule has 8 heteroatoms. The fraction of sp³-hybridized carbons (Fsp3) is 0.222. The summed E-state index contributed by atoms with van der Waals surface area (Å²) in [4.78, 5) is 24.1. The lowest BCUT2D eigenvalue weighted by Gasteiger charge is -2.28. The van der Waals surface area contributed by atoms with Crippen molar-refractivity contribution in [3.05, 3.63) is 59.1 Å². The second-order valence-electron chi connectivity index (χ2n) is 5.84.